The third-order valence-electron chi connectivity index (χ3n) is 4.30. The first kappa shape index (κ1) is 20.9. The van der Waals surface area contributed by atoms with Crippen molar-refractivity contribution in [3.63, 3.8) is 0 Å². The predicted molar refractivity (Wildman–Crippen MR) is 108 cm³/mol. The first-order chi connectivity index (χ1) is 13.0. The van der Waals surface area contributed by atoms with Gasteiger partial charge >= 0.3 is 0 Å². The molecule has 0 aliphatic heterocycles. The number of benzene rings is 2. The van der Waals surface area contributed by atoms with E-state index in [-0.39, 0.29) is 6.04 Å². The first-order valence-electron chi connectivity index (χ1n) is 9.23. The summed E-state index contributed by atoms with van der Waals surface area (Å²) in [5, 5.41) is 3.53. The zero-order chi connectivity index (χ0) is 19.8. The minimum atomic E-state index is 0.197. The molecule has 0 aliphatic rings. The van der Waals surface area contributed by atoms with E-state index in [9.17, 15) is 0 Å². The number of rotatable bonds is 10. The SMILES string of the molecule is COc1cc(CNC(C)c2ccc(OCC(C)C)cc2)cc(OC)c1OC. The smallest absolute Gasteiger partial charge is 0.203 e. The maximum atomic E-state index is 5.74. The van der Waals surface area contributed by atoms with E-state index in [0.717, 1.165) is 17.9 Å². The van der Waals surface area contributed by atoms with Crippen LogP contribution in [0.1, 0.15) is 37.9 Å². The van der Waals surface area contributed by atoms with Gasteiger partial charge < -0.3 is 24.3 Å². The van der Waals surface area contributed by atoms with Gasteiger partial charge in [0.25, 0.3) is 0 Å². The summed E-state index contributed by atoms with van der Waals surface area (Å²) in [6.07, 6.45) is 0. The monoisotopic (exact) mass is 373 g/mol. The van der Waals surface area contributed by atoms with Gasteiger partial charge in [0, 0.05) is 12.6 Å². The summed E-state index contributed by atoms with van der Waals surface area (Å²) in [4.78, 5) is 0. The first-order valence-corrected chi connectivity index (χ1v) is 9.23. The molecule has 1 N–H and O–H groups in total. The fourth-order valence-electron chi connectivity index (χ4n) is 2.74. The van der Waals surface area contributed by atoms with Crippen molar-refractivity contribution in [3.8, 4) is 23.0 Å². The lowest BCUT2D eigenvalue weighted by Gasteiger charge is -2.17. The van der Waals surface area contributed by atoms with Crippen molar-refractivity contribution in [3.05, 3.63) is 47.5 Å². The van der Waals surface area contributed by atoms with Gasteiger partial charge in [0.1, 0.15) is 5.75 Å². The molecule has 5 nitrogen and oxygen atoms in total. The van der Waals surface area contributed by atoms with E-state index in [4.69, 9.17) is 18.9 Å². The van der Waals surface area contributed by atoms with Gasteiger partial charge in [-0.05, 0) is 48.2 Å². The van der Waals surface area contributed by atoms with Crippen LogP contribution >= 0.6 is 0 Å². The zero-order valence-electron chi connectivity index (χ0n) is 17.2. The molecule has 0 aromatic heterocycles. The number of nitrogens with one attached hydrogen (secondary N) is 1. The number of methoxy groups -OCH3 is 3. The van der Waals surface area contributed by atoms with Crippen LogP contribution in [0.3, 0.4) is 0 Å². The maximum Gasteiger partial charge on any atom is 0.203 e. The molecule has 27 heavy (non-hydrogen) atoms. The second-order valence-electron chi connectivity index (χ2n) is 6.91. The van der Waals surface area contributed by atoms with Gasteiger partial charge in [-0.25, -0.2) is 0 Å². The normalized spacial score (nSPS) is 12.0. The van der Waals surface area contributed by atoms with Gasteiger partial charge in [-0.1, -0.05) is 26.0 Å². The molecule has 0 aliphatic carbocycles. The highest BCUT2D eigenvalue weighted by Crippen LogP contribution is 2.38. The number of hydrogen-bond donors (Lipinski definition) is 1. The van der Waals surface area contributed by atoms with E-state index in [2.05, 4.69) is 38.2 Å². The summed E-state index contributed by atoms with van der Waals surface area (Å²) in [5.74, 6) is 3.35. The van der Waals surface area contributed by atoms with Gasteiger partial charge in [-0.15, -0.1) is 0 Å². The summed E-state index contributed by atoms with van der Waals surface area (Å²) in [7, 11) is 4.86. The average molecular weight is 373 g/mol. The molecular weight excluding hydrogens is 342 g/mol. The van der Waals surface area contributed by atoms with Gasteiger partial charge in [-0.3, -0.25) is 0 Å². The summed E-state index contributed by atoms with van der Waals surface area (Å²) in [5.41, 5.74) is 2.27. The van der Waals surface area contributed by atoms with Crippen LogP contribution in [0.2, 0.25) is 0 Å². The Labute approximate surface area is 162 Å². The van der Waals surface area contributed by atoms with Crippen molar-refractivity contribution in [2.45, 2.75) is 33.4 Å². The van der Waals surface area contributed by atoms with Crippen molar-refractivity contribution in [2.24, 2.45) is 5.92 Å². The van der Waals surface area contributed by atoms with Gasteiger partial charge in [-0.2, -0.15) is 0 Å². The van der Waals surface area contributed by atoms with E-state index >= 15 is 0 Å². The Morgan fingerprint density at radius 3 is 1.93 bits per heavy atom. The Balaban J connectivity index is 2.01. The minimum absolute atomic E-state index is 0.197. The van der Waals surface area contributed by atoms with Crippen LogP contribution in [0.5, 0.6) is 23.0 Å². The Kier molecular flexibility index (Phi) is 7.80. The predicted octanol–water partition coefficient (Wildman–Crippen LogP) is 4.60. The molecule has 0 spiro atoms. The quantitative estimate of drug-likeness (QED) is 0.660. The van der Waals surface area contributed by atoms with E-state index < -0.39 is 0 Å². The Hall–Kier alpha value is -2.40. The molecule has 0 fully saturated rings. The van der Waals surface area contributed by atoms with Crippen molar-refractivity contribution in [1.82, 2.24) is 5.32 Å². The molecular formula is C22H31NO4. The van der Waals surface area contributed by atoms with E-state index in [0.29, 0.717) is 29.7 Å². The highest BCUT2D eigenvalue weighted by Gasteiger charge is 2.14. The second-order valence-corrected chi connectivity index (χ2v) is 6.91. The third kappa shape index (κ3) is 5.79. The van der Waals surface area contributed by atoms with E-state index in [1.54, 1.807) is 21.3 Å². The molecule has 0 saturated carbocycles. The largest absolute Gasteiger partial charge is 0.493 e. The van der Waals surface area contributed by atoms with Gasteiger partial charge in [0.2, 0.25) is 5.75 Å². The van der Waals surface area contributed by atoms with Crippen LogP contribution in [0, 0.1) is 5.92 Å². The fourth-order valence-corrected chi connectivity index (χ4v) is 2.74. The molecule has 148 valence electrons. The zero-order valence-corrected chi connectivity index (χ0v) is 17.2. The molecule has 5 heteroatoms. The van der Waals surface area contributed by atoms with Crippen LogP contribution in [0.15, 0.2) is 36.4 Å². The third-order valence-corrected chi connectivity index (χ3v) is 4.30. The molecule has 0 bridgehead atoms. The molecule has 0 radical (unpaired) electrons. The molecule has 2 rings (SSSR count). The highest BCUT2D eigenvalue weighted by atomic mass is 16.5. The van der Waals surface area contributed by atoms with Gasteiger partial charge in [0.15, 0.2) is 11.5 Å². The van der Waals surface area contributed by atoms with Crippen LogP contribution < -0.4 is 24.3 Å². The van der Waals surface area contributed by atoms with Crippen molar-refractivity contribution < 1.29 is 18.9 Å². The van der Waals surface area contributed by atoms with Crippen molar-refractivity contribution >= 4 is 0 Å². The molecule has 2 aromatic rings. The molecule has 1 atom stereocenters. The summed E-state index contributed by atoms with van der Waals surface area (Å²) in [6.45, 7) is 7.84. The highest BCUT2D eigenvalue weighted by molar-refractivity contribution is 5.53. The molecule has 0 heterocycles. The summed E-state index contributed by atoms with van der Waals surface area (Å²) >= 11 is 0. The fraction of sp³-hybridized carbons (Fsp3) is 0.455. The lowest BCUT2D eigenvalue weighted by molar-refractivity contribution is 0.271. The average Bonchev–Trinajstić information content (AvgIpc) is 2.69. The van der Waals surface area contributed by atoms with E-state index in [1.807, 2.05) is 24.3 Å². The molecule has 0 amide bonds. The number of ether oxygens (including phenoxy) is 4. The molecule has 0 saturated heterocycles. The van der Waals surface area contributed by atoms with Crippen LogP contribution in [0.25, 0.3) is 0 Å². The maximum absolute atomic E-state index is 5.74. The Morgan fingerprint density at radius 1 is 0.852 bits per heavy atom. The van der Waals surface area contributed by atoms with Crippen molar-refractivity contribution in [2.75, 3.05) is 27.9 Å². The topological polar surface area (TPSA) is 49.0 Å². The van der Waals surface area contributed by atoms with Crippen LogP contribution in [-0.4, -0.2) is 27.9 Å². The Bertz CT molecular complexity index is 688. The minimum Gasteiger partial charge on any atom is -0.493 e. The summed E-state index contributed by atoms with van der Waals surface area (Å²) in [6, 6.07) is 12.4. The van der Waals surface area contributed by atoms with E-state index in [1.165, 1.54) is 5.56 Å². The standard InChI is InChI=1S/C22H31NO4/c1-15(2)14-27-19-9-7-18(8-10-19)16(3)23-13-17-11-20(24-4)22(26-6)21(12-17)25-5/h7-12,15-16,23H,13-14H2,1-6H3. The number of hydrogen-bond acceptors (Lipinski definition) is 5. The molecule has 1 unspecified atom stereocenters. The lowest BCUT2D eigenvalue weighted by atomic mass is 10.1. The lowest BCUT2D eigenvalue weighted by Crippen LogP contribution is -2.18. The van der Waals surface area contributed by atoms with Crippen molar-refractivity contribution in [1.29, 1.82) is 0 Å². The molecule has 2 aromatic carbocycles. The van der Waals surface area contributed by atoms with Crippen LogP contribution in [-0.2, 0) is 6.54 Å². The van der Waals surface area contributed by atoms with Gasteiger partial charge in [0.05, 0.1) is 27.9 Å². The van der Waals surface area contributed by atoms with Crippen LogP contribution in [0.4, 0.5) is 0 Å². The Morgan fingerprint density at radius 2 is 1.44 bits per heavy atom. The summed E-state index contributed by atoms with van der Waals surface area (Å²) < 4.78 is 21.9. The second kappa shape index (κ2) is 10.1.